The van der Waals surface area contributed by atoms with E-state index in [1.807, 2.05) is 5.32 Å². The number of allylic oxidation sites excluding steroid dienone is 2. The van der Waals surface area contributed by atoms with Gasteiger partial charge in [-0.2, -0.15) is 26.3 Å². The van der Waals surface area contributed by atoms with Gasteiger partial charge in [-0.25, -0.2) is 4.99 Å². The molecular formula is C23H19ClF6N4O2. The van der Waals surface area contributed by atoms with Gasteiger partial charge in [-0.15, -0.1) is 0 Å². The molecule has 1 fully saturated rings. The molecule has 3 rings (SSSR count). The van der Waals surface area contributed by atoms with Gasteiger partial charge in [0.15, 0.2) is 0 Å². The second-order valence-electron chi connectivity index (χ2n) is 7.83. The van der Waals surface area contributed by atoms with E-state index in [9.17, 15) is 35.9 Å². The van der Waals surface area contributed by atoms with Crippen LogP contribution < -0.4 is 11.1 Å². The Morgan fingerprint density at radius 3 is 2.19 bits per heavy atom. The molecule has 0 radical (unpaired) electrons. The molecule has 2 amide bonds. The number of amides is 2. The van der Waals surface area contributed by atoms with Gasteiger partial charge in [0.05, 0.1) is 16.4 Å². The van der Waals surface area contributed by atoms with E-state index in [-0.39, 0.29) is 47.1 Å². The zero-order valence-corrected chi connectivity index (χ0v) is 19.1. The predicted molar refractivity (Wildman–Crippen MR) is 121 cm³/mol. The van der Waals surface area contributed by atoms with Crippen LogP contribution in [0.3, 0.4) is 0 Å². The third kappa shape index (κ3) is 6.78. The second-order valence-corrected chi connectivity index (χ2v) is 8.24. The molecule has 0 spiro atoms. The molecule has 3 N–H and O–H groups in total. The number of likely N-dealkylation sites (tertiary alicyclic amines) is 1. The summed E-state index contributed by atoms with van der Waals surface area (Å²) in [6.07, 6.45) is -9.04. The standard InChI is InChI=1S/C23H19ClF6N4O2/c24-16-3-1-2-4-17(16)33-18(11-19(31)22(25,26)27)13-5-7-14(8-6-13)20(35)34-10-9-15(12-34)32-21(36)23(28,29)30/h1-8,11,15H,9-10,12,31H2,(H,32,36)/t15-/m0/s1. The van der Waals surface area contributed by atoms with Crippen molar-refractivity contribution in [3.05, 3.63) is 76.5 Å². The summed E-state index contributed by atoms with van der Waals surface area (Å²) in [6.45, 7) is -0.0000690. The summed E-state index contributed by atoms with van der Waals surface area (Å²) in [5.41, 5.74) is 4.17. The minimum absolute atomic E-state index is 0.119. The van der Waals surface area contributed by atoms with Crippen LogP contribution in [0.2, 0.25) is 5.02 Å². The maximum atomic E-state index is 13.0. The van der Waals surface area contributed by atoms with Crippen LogP contribution in [0.25, 0.3) is 0 Å². The van der Waals surface area contributed by atoms with Crippen molar-refractivity contribution in [3.63, 3.8) is 0 Å². The monoisotopic (exact) mass is 532 g/mol. The Bertz CT molecular complexity index is 1190. The second kappa shape index (κ2) is 10.6. The third-order valence-corrected chi connectivity index (χ3v) is 5.53. The van der Waals surface area contributed by atoms with Crippen molar-refractivity contribution in [1.29, 1.82) is 0 Å². The van der Waals surface area contributed by atoms with Crippen molar-refractivity contribution < 1.29 is 35.9 Å². The molecule has 0 saturated carbocycles. The topological polar surface area (TPSA) is 87.8 Å². The Kier molecular flexibility index (Phi) is 7.97. The summed E-state index contributed by atoms with van der Waals surface area (Å²) < 4.78 is 76.5. The van der Waals surface area contributed by atoms with Crippen LogP contribution in [-0.4, -0.2) is 53.9 Å². The Hall–Kier alpha value is -3.54. The van der Waals surface area contributed by atoms with Crippen LogP contribution in [0, 0.1) is 0 Å². The fourth-order valence-electron chi connectivity index (χ4n) is 3.38. The number of nitrogens with zero attached hydrogens (tertiary/aromatic N) is 2. The number of alkyl halides is 6. The zero-order chi connectivity index (χ0) is 26.7. The maximum Gasteiger partial charge on any atom is 0.471 e. The lowest BCUT2D eigenvalue weighted by molar-refractivity contribution is -0.174. The highest BCUT2D eigenvalue weighted by Crippen LogP contribution is 2.27. The number of halogens is 7. The molecule has 1 aliphatic rings. The van der Waals surface area contributed by atoms with E-state index in [1.165, 1.54) is 41.3 Å². The Labute approximate surface area is 206 Å². The molecule has 0 aliphatic carbocycles. The quantitative estimate of drug-likeness (QED) is 0.430. The zero-order valence-electron chi connectivity index (χ0n) is 18.3. The van der Waals surface area contributed by atoms with E-state index in [4.69, 9.17) is 17.3 Å². The Balaban J connectivity index is 1.82. The van der Waals surface area contributed by atoms with Crippen LogP contribution in [0.15, 0.2) is 65.3 Å². The van der Waals surface area contributed by atoms with E-state index >= 15 is 0 Å². The highest BCUT2D eigenvalue weighted by atomic mass is 35.5. The number of hydrogen-bond acceptors (Lipinski definition) is 4. The lowest BCUT2D eigenvalue weighted by atomic mass is 10.1. The van der Waals surface area contributed by atoms with Crippen LogP contribution in [0.1, 0.15) is 22.3 Å². The first-order valence-corrected chi connectivity index (χ1v) is 10.8. The smallest absolute Gasteiger partial charge is 0.395 e. The van der Waals surface area contributed by atoms with Gasteiger partial charge < -0.3 is 16.0 Å². The summed E-state index contributed by atoms with van der Waals surface area (Å²) in [5.74, 6) is -2.59. The van der Waals surface area contributed by atoms with Gasteiger partial charge >= 0.3 is 18.3 Å². The van der Waals surface area contributed by atoms with Gasteiger partial charge in [0.2, 0.25) is 0 Å². The minimum Gasteiger partial charge on any atom is -0.395 e. The predicted octanol–water partition coefficient (Wildman–Crippen LogP) is 4.76. The van der Waals surface area contributed by atoms with Crippen molar-refractivity contribution in [2.75, 3.05) is 13.1 Å². The molecule has 2 aromatic carbocycles. The minimum atomic E-state index is -5.03. The molecule has 36 heavy (non-hydrogen) atoms. The number of hydrogen-bond donors (Lipinski definition) is 2. The van der Waals surface area contributed by atoms with E-state index in [1.54, 1.807) is 12.1 Å². The fourth-order valence-corrected chi connectivity index (χ4v) is 3.56. The summed E-state index contributed by atoms with van der Waals surface area (Å²) in [4.78, 5) is 29.3. The van der Waals surface area contributed by atoms with Crippen molar-refractivity contribution in [2.24, 2.45) is 10.7 Å². The largest absolute Gasteiger partial charge is 0.471 e. The number of nitrogens with two attached hydrogens (primary N) is 1. The number of benzene rings is 2. The molecule has 13 heteroatoms. The highest BCUT2D eigenvalue weighted by molar-refractivity contribution is 6.33. The van der Waals surface area contributed by atoms with Crippen molar-refractivity contribution in [3.8, 4) is 0 Å². The molecule has 6 nitrogen and oxygen atoms in total. The summed E-state index contributed by atoms with van der Waals surface area (Å²) in [7, 11) is 0. The van der Waals surface area contributed by atoms with Crippen LogP contribution in [-0.2, 0) is 4.79 Å². The van der Waals surface area contributed by atoms with Gasteiger partial charge in [0, 0.05) is 30.3 Å². The number of carbonyl (C=O) groups is 2. The highest BCUT2D eigenvalue weighted by Gasteiger charge is 2.41. The van der Waals surface area contributed by atoms with Crippen molar-refractivity contribution >= 4 is 34.8 Å². The van der Waals surface area contributed by atoms with Crippen LogP contribution in [0.4, 0.5) is 32.0 Å². The molecule has 0 bridgehead atoms. The molecule has 1 aliphatic heterocycles. The normalized spacial score (nSPS) is 17.3. The molecular weight excluding hydrogens is 514 g/mol. The first-order valence-electron chi connectivity index (χ1n) is 10.4. The number of carbonyl (C=O) groups excluding carboxylic acids is 2. The Morgan fingerprint density at radius 2 is 1.61 bits per heavy atom. The van der Waals surface area contributed by atoms with Gasteiger partial charge in [-0.05, 0) is 36.8 Å². The number of rotatable bonds is 5. The Morgan fingerprint density at radius 1 is 1.00 bits per heavy atom. The average Bonchev–Trinajstić information content (AvgIpc) is 3.27. The summed E-state index contributed by atoms with van der Waals surface area (Å²) in [6, 6.07) is 10.8. The van der Waals surface area contributed by atoms with Gasteiger partial charge in [0.25, 0.3) is 5.91 Å². The van der Waals surface area contributed by atoms with Crippen molar-refractivity contribution in [2.45, 2.75) is 24.8 Å². The molecule has 1 saturated heterocycles. The molecule has 0 unspecified atom stereocenters. The summed E-state index contributed by atoms with van der Waals surface area (Å²) >= 11 is 6.07. The first-order chi connectivity index (χ1) is 16.8. The van der Waals surface area contributed by atoms with Gasteiger partial charge in [-0.1, -0.05) is 35.9 Å². The molecule has 192 valence electrons. The molecule has 1 atom stereocenters. The average molecular weight is 533 g/mol. The van der Waals surface area contributed by atoms with E-state index in [2.05, 4.69) is 4.99 Å². The van der Waals surface area contributed by atoms with Crippen LogP contribution >= 0.6 is 11.6 Å². The van der Waals surface area contributed by atoms with Gasteiger partial charge in [-0.3, -0.25) is 9.59 Å². The molecule has 1 heterocycles. The van der Waals surface area contributed by atoms with Crippen molar-refractivity contribution in [1.82, 2.24) is 10.2 Å². The first kappa shape index (κ1) is 27.1. The third-order valence-electron chi connectivity index (χ3n) is 5.21. The van der Waals surface area contributed by atoms with E-state index in [0.29, 0.717) is 6.08 Å². The maximum absolute atomic E-state index is 13.0. The fraction of sp³-hybridized carbons (Fsp3) is 0.261. The summed E-state index contributed by atoms with van der Waals surface area (Å²) in [5, 5.41) is 2.04. The number of aliphatic imine (C=N–C) groups is 1. The SMILES string of the molecule is NC(=CC(=Nc1ccccc1Cl)c1ccc(C(=O)N2CC[C@H](NC(=O)C(F)(F)F)C2)cc1)C(F)(F)F. The number of nitrogens with one attached hydrogen (secondary N) is 1. The molecule has 0 aromatic heterocycles. The van der Waals surface area contributed by atoms with E-state index in [0.717, 1.165) is 0 Å². The lowest BCUT2D eigenvalue weighted by Crippen LogP contribution is -2.44. The van der Waals surface area contributed by atoms with Gasteiger partial charge in [0.1, 0.15) is 5.70 Å². The van der Waals surface area contributed by atoms with E-state index < -0.39 is 35.9 Å². The van der Waals surface area contributed by atoms with Crippen LogP contribution in [0.5, 0.6) is 0 Å². The lowest BCUT2D eigenvalue weighted by Gasteiger charge is -2.18. The number of para-hydroxylation sites is 1. The molecule has 2 aromatic rings.